The lowest BCUT2D eigenvalue weighted by Crippen LogP contribution is -2.22. The first-order valence-corrected chi connectivity index (χ1v) is 10.3. The van der Waals surface area contributed by atoms with E-state index >= 15 is 0 Å². The van der Waals surface area contributed by atoms with Gasteiger partial charge in [-0.25, -0.2) is 13.4 Å². The molecule has 8 nitrogen and oxygen atoms in total. The molecule has 4 aromatic rings. The Balaban J connectivity index is 1.80. The van der Waals surface area contributed by atoms with E-state index in [0.29, 0.717) is 28.1 Å². The smallest absolute Gasteiger partial charge is 0.267 e. The van der Waals surface area contributed by atoms with Gasteiger partial charge in [0.1, 0.15) is 11.5 Å². The number of nitrogens with zero attached hydrogens (tertiary/aromatic N) is 3. The van der Waals surface area contributed by atoms with Gasteiger partial charge in [0.25, 0.3) is 15.6 Å². The standard InChI is InChI=1S/C20H18N4O4S/c1-12-19(13(2)28-22-12)29(26,27)23-15-7-6-8-16(11-15)24-14(3)21-18-10-5-4-9-17(18)20(24)25/h4-11,23H,1-3H3. The predicted octanol–water partition coefficient (Wildman–Crippen LogP) is 3.10. The summed E-state index contributed by atoms with van der Waals surface area (Å²) in [6.07, 6.45) is 0. The Kier molecular flexibility index (Phi) is 4.46. The molecule has 0 fully saturated rings. The molecule has 0 aliphatic carbocycles. The molecule has 0 saturated heterocycles. The number of anilines is 1. The van der Waals surface area contributed by atoms with Crippen LogP contribution in [0.4, 0.5) is 5.69 Å². The van der Waals surface area contributed by atoms with Crippen LogP contribution in [0.2, 0.25) is 0 Å². The van der Waals surface area contributed by atoms with Crippen LogP contribution in [0.3, 0.4) is 0 Å². The van der Waals surface area contributed by atoms with Gasteiger partial charge < -0.3 is 4.52 Å². The molecule has 0 aliphatic heterocycles. The van der Waals surface area contributed by atoms with Crippen molar-refractivity contribution in [3.05, 3.63) is 76.2 Å². The van der Waals surface area contributed by atoms with Crippen LogP contribution in [0.25, 0.3) is 16.6 Å². The molecule has 0 atom stereocenters. The molecule has 0 bridgehead atoms. The van der Waals surface area contributed by atoms with Crippen molar-refractivity contribution in [2.24, 2.45) is 0 Å². The summed E-state index contributed by atoms with van der Waals surface area (Å²) in [6.45, 7) is 4.83. The zero-order chi connectivity index (χ0) is 20.8. The molecule has 9 heteroatoms. The fourth-order valence-electron chi connectivity index (χ4n) is 3.32. The number of hydrogen-bond acceptors (Lipinski definition) is 6. The van der Waals surface area contributed by atoms with E-state index < -0.39 is 10.0 Å². The molecule has 0 radical (unpaired) electrons. The third kappa shape index (κ3) is 3.29. The van der Waals surface area contributed by atoms with Crippen molar-refractivity contribution in [3.63, 3.8) is 0 Å². The number of para-hydroxylation sites is 1. The molecule has 148 valence electrons. The van der Waals surface area contributed by atoms with Crippen LogP contribution in [0.1, 0.15) is 17.3 Å². The van der Waals surface area contributed by atoms with Gasteiger partial charge in [-0.05, 0) is 51.1 Å². The fraction of sp³-hybridized carbons (Fsp3) is 0.150. The number of aryl methyl sites for hydroxylation is 3. The monoisotopic (exact) mass is 410 g/mol. The Hall–Kier alpha value is -3.46. The molecule has 0 amide bonds. The molecule has 2 heterocycles. The van der Waals surface area contributed by atoms with E-state index in [0.717, 1.165) is 0 Å². The lowest BCUT2D eigenvalue weighted by atomic mass is 10.2. The minimum Gasteiger partial charge on any atom is -0.360 e. The Bertz CT molecular complexity index is 1380. The Labute approximate surface area is 166 Å². The summed E-state index contributed by atoms with van der Waals surface area (Å²) in [7, 11) is -3.89. The summed E-state index contributed by atoms with van der Waals surface area (Å²) >= 11 is 0. The van der Waals surface area contributed by atoms with Crippen molar-refractivity contribution >= 4 is 26.6 Å². The summed E-state index contributed by atoms with van der Waals surface area (Å²) in [5.74, 6) is 0.705. The second kappa shape index (κ2) is 6.85. The van der Waals surface area contributed by atoms with Crippen LogP contribution in [0.15, 0.2) is 62.7 Å². The summed E-state index contributed by atoms with van der Waals surface area (Å²) in [5, 5.41) is 4.18. The van der Waals surface area contributed by atoms with Gasteiger partial charge in [-0.15, -0.1) is 0 Å². The Morgan fingerprint density at radius 3 is 2.52 bits per heavy atom. The van der Waals surface area contributed by atoms with Crippen molar-refractivity contribution in [1.29, 1.82) is 0 Å². The highest BCUT2D eigenvalue weighted by molar-refractivity contribution is 7.92. The van der Waals surface area contributed by atoms with Gasteiger partial charge in [-0.1, -0.05) is 23.4 Å². The lowest BCUT2D eigenvalue weighted by Gasteiger charge is -2.13. The number of nitrogens with one attached hydrogen (secondary N) is 1. The number of sulfonamides is 1. The van der Waals surface area contributed by atoms with Gasteiger partial charge in [0, 0.05) is 0 Å². The highest BCUT2D eigenvalue weighted by Crippen LogP contribution is 2.23. The number of fused-ring (bicyclic) bond motifs is 1. The van der Waals surface area contributed by atoms with E-state index in [1.165, 1.54) is 11.5 Å². The van der Waals surface area contributed by atoms with Gasteiger partial charge in [-0.2, -0.15) is 0 Å². The second-order valence-corrected chi connectivity index (χ2v) is 8.25. The van der Waals surface area contributed by atoms with E-state index in [1.54, 1.807) is 56.3 Å². The van der Waals surface area contributed by atoms with Crippen molar-refractivity contribution in [1.82, 2.24) is 14.7 Å². The van der Waals surface area contributed by atoms with Crippen LogP contribution in [0.5, 0.6) is 0 Å². The molecule has 0 spiro atoms. The first kappa shape index (κ1) is 18.9. The number of rotatable bonds is 4. The first-order valence-electron chi connectivity index (χ1n) is 8.82. The van der Waals surface area contributed by atoms with E-state index in [9.17, 15) is 13.2 Å². The molecule has 2 aromatic heterocycles. The number of benzene rings is 2. The maximum absolute atomic E-state index is 13.0. The van der Waals surface area contributed by atoms with Crippen LogP contribution in [-0.2, 0) is 10.0 Å². The Morgan fingerprint density at radius 1 is 1.03 bits per heavy atom. The summed E-state index contributed by atoms with van der Waals surface area (Å²) in [4.78, 5) is 17.5. The minimum atomic E-state index is -3.89. The number of aromatic nitrogens is 3. The SMILES string of the molecule is Cc1noc(C)c1S(=O)(=O)Nc1cccc(-n2c(C)nc3ccccc3c2=O)c1. The molecule has 0 unspecified atom stereocenters. The quantitative estimate of drug-likeness (QED) is 0.554. The molecule has 4 rings (SSSR count). The molecule has 2 aromatic carbocycles. The normalized spacial score (nSPS) is 11.7. The van der Waals surface area contributed by atoms with E-state index in [1.807, 2.05) is 6.07 Å². The van der Waals surface area contributed by atoms with Gasteiger partial charge in [0.05, 0.1) is 22.3 Å². The average molecular weight is 410 g/mol. The second-order valence-electron chi connectivity index (χ2n) is 6.63. The maximum Gasteiger partial charge on any atom is 0.267 e. The zero-order valence-corrected chi connectivity index (χ0v) is 16.8. The summed E-state index contributed by atoms with van der Waals surface area (Å²) in [6, 6.07) is 13.7. The highest BCUT2D eigenvalue weighted by atomic mass is 32.2. The maximum atomic E-state index is 13.0. The molecule has 0 aliphatic rings. The lowest BCUT2D eigenvalue weighted by molar-refractivity contribution is 0.390. The molecule has 0 saturated carbocycles. The molecule has 29 heavy (non-hydrogen) atoms. The minimum absolute atomic E-state index is 0.00335. The number of hydrogen-bond donors (Lipinski definition) is 1. The van der Waals surface area contributed by atoms with Crippen molar-refractivity contribution in [2.45, 2.75) is 25.7 Å². The largest absolute Gasteiger partial charge is 0.360 e. The van der Waals surface area contributed by atoms with Gasteiger partial charge >= 0.3 is 0 Å². The molecule has 1 N–H and O–H groups in total. The topological polar surface area (TPSA) is 107 Å². The fourth-order valence-corrected chi connectivity index (χ4v) is 4.70. The van der Waals surface area contributed by atoms with E-state index in [2.05, 4.69) is 14.9 Å². The van der Waals surface area contributed by atoms with Crippen molar-refractivity contribution in [3.8, 4) is 5.69 Å². The Morgan fingerprint density at radius 2 is 1.79 bits per heavy atom. The zero-order valence-electron chi connectivity index (χ0n) is 16.0. The highest BCUT2D eigenvalue weighted by Gasteiger charge is 2.24. The van der Waals surface area contributed by atoms with Crippen LogP contribution in [0, 0.1) is 20.8 Å². The van der Waals surface area contributed by atoms with Crippen LogP contribution in [-0.4, -0.2) is 23.1 Å². The van der Waals surface area contributed by atoms with E-state index in [-0.39, 0.29) is 21.9 Å². The average Bonchev–Trinajstić information content (AvgIpc) is 3.01. The predicted molar refractivity (Wildman–Crippen MR) is 109 cm³/mol. The van der Waals surface area contributed by atoms with Crippen LogP contribution < -0.4 is 10.3 Å². The van der Waals surface area contributed by atoms with Crippen molar-refractivity contribution < 1.29 is 12.9 Å². The molecular weight excluding hydrogens is 392 g/mol. The molecular formula is C20H18N4O4S. The first-order chi connectivity index (χ1) is 13.8. The van der Waals surface area contributed by atoms with Crippen LogP contribution >= 0.6 is 0 Å². The third-order valence-electron chi connectivity index (χ3n) is 4.54. The van der Waals surface area contributed by atoms with Gasteiger partial charge in [-0.3, -0.25) is 14.1 Å². The van der Waals surface area contributed by atoms with Gasteiger partial charge in [0.15, 0.2) is 10.7 Å². The van der Waals surface area contributed by atoms with E-state index in [4.69, 9.17) is 4.52 Å². The summed E-state index contributed by atoms with van der Waals surface area (Å²) < 4.78 is 34.5. The van der Waals surface area contributed by atoms with Gasteiger partial charge in [0.2, 0.25) is 0 Å². The third-order valence-corrected chi connectivity index (χ3v) is 6.16. The summed E-state index contributed by atoms with van der Waals surface area (Å²) in [5.41, 5.74) is 1.48. The van der Waals surface area contributed by atoms with Crippen molar-refractivity contribution in [2.75, 3.05) is 4.72 Å².